The lowest BCUT2D eigenvalue weighted by atomic mass is 9.92. The summed E-state index contributed by atoms with van der Waals surface area (Å²) in [5.74, 6) is -3.10. The highest BCUT2D eigenvalue weighted by Gasteiger charge is 2.46. The third-order valence-corrected chi connectivity index (χ3v) is 3.60. The van der Waals surface area contributed by atoms with Crippen LogP contribution in [-0.4, -0.2) is 96.1 Å². The summed E-state index contributed by atoms with van der Waals surface area (Å²) in [5, 5.41) is 31.2. The normalized spacial score (nSPS) is 23.3. The van der Waals surface area contributed by atoms with Crippen LogP contribution in [0.25, 0.3) is 0 Å². The fourth-order valence-corrected chi connectivity index (χ4v) is 2.47. The van der Waals surface area contributed by atoms with Crippen LogP contribution in [0.5, 0.6) is 0 Å². The predicted molar refractivity (Wildman–Crippen MR) is 94.7 cm³/mol. The summed E-state index contributed by atoms with van der Waals surface area (Å²) < 4.78 is 10.4. The summed E-state index contributed by atoms with van der Waals surface area (Å²) in [5.41, 5.74) is 10.7. The summed E-state index contributed by atoms with van der Waals surface area (Å²) >= 11 is 0. The molecule has 2 amide bonds. The van der Waals surface area contributed by atoms with Gasteiger partial charge in [-0.3, -0.25) is 4.79 Å². The van der Waals surface area contributed by atoms with E-state index >= 15 is 0 Å². The van der Waals surface area contributed by atoms with Gasteiger partial charge in [-0.1, -0.05) is 0 Å². The SMILES string of the molecule is [B]N(C)C(=O)O[C@@H]([C@@H]1OC(C(=O)O)=C[C@H](N=C(N)N)[C@H]1NC(C)=O)[C@H](O)CO. The quantitative estimate of drug-likeness (QED) is 0.140. The van der Waals surface area contributed by atoms with Gasteiger partial charge in [0.15, 0.2) is 18.2 Å². The van der Waals surface area contributed by atoms with E-state index < -0.39 is 66.7 Å². The number of nitrogens with one attached hydrogen (secondary N) is 1. The number of aliphatic carboxylic acids is 1. The maximum atomic E-state index is 11.9. The van der Waals surface area contributed by atoms with E-state index in [1.165, 1.54) is 0 Å². The number of guanidine groups is 1. The van der Waals surface area contributed by atoms with Gasteiger partial charge in [-0.2, -0.15) is 0 Å². The first-order valence-corrected chi connectivity index (χ1v) is 7.93. The van der Waals surface area contributed by atoms with E-state index in [0.717, 1.165) is 20.0 Å². The number of aliphatic hydroxyl groups excluding tert-OH is 2. The molecule has 0 saturated carbocycles. The Hall–Kier alpha value is -3.00. The molecule has 14 heteroatoms. The van der Waals surface area contributed by atoms with Crippen LogP contribution in [0.3, 0.4) is 0 Å². The average Bonchev–Trinajstić information content (AvgIpc) is 2.59. The van der Waals surface area contributed by atoms with E-state index in [1.54, 1.807) is 0 Å². The number of hydrogen-bond acceptors (Lipinski definition) is 8. The van der Waals surface area contributed by atoms with E-state index in [9.17, 15) is 29.7 Å². The smallest absolute Gasteiger partial charge is 0.396 e. The van der Waals surface area contributed by atoms with Crippen molar-refractivity contribution in [3.63, 3.8) is 0 Å². The third kappa shape index (κ3) is 6.02. The first-order chi connectivity index (χ1) is 13.0. The van der Waals surface area contributed by atoms with Gasteiger partial charge in [0.2, 0.25) is 19.6 Å². The monoisotopic (exact) mass is 399 g/mol. The van der Waals surface area contributed by atoms with Crippen LogP contribution < -0.4 is 16.8 Å². The first kappa shape index (κ1) is 23.0. The molecule has 1 aliphatic rings. The number of aliphatic hydroxyl groups is 2. The standard InChI is InChI=1S/C14H22BN5O8/c1-5(22)18-9-6(19-13(16)17)3-8(12(24)25)27-11(9)10(7(23)4-21)28-14(26)20(2)15/h3,6-7,9-11,21,23H,4H2,1-2H3,(H,18,22)(H,24,25)(H4,16,17,19)/t6-,7+,9+,10+,11+/m0/s1. The fraction of sp³-hybridized carbons (Fsp3) is 0.571. The molecule has 5 atom stereocenters. The molecule has 13 nitrogen and oxygen atoms in total. The maximum Gasteiger partial charge on any atom is 0.396 e. The van der Waals surface area contributed by atoms with Crippen LogP contribution in [-0.2, 0) is 19.1 Å². The Balaban J connectivity index is 3.45. The van der Waals surface area contributed by atoms with Gasteiger partial charge in [-0.15, -0.1) is 0 Å². The number of carbonyl (C=O) groups is 3. The van der Waals surface area contributed by atoms with Crippen molar-refractivity contribution in [3.8, 4) is 0 Å². The fourth-order valence-electron chi connectivity index (χ4n) is 2.47. The van der Waals surface area contributed by atoms with Gasteiger partial charge in [0.05, 0.1) is 18.7 Å². The Morgan fingerprint density at radius 2 is 2.07 bits per heavy atom. The zero-order valence-corrected chi connectivity index (χ0v) is 15.2. The van der Waals surface area contributed by atoms with Crippen LogP contribution >= 0.6 is 0 Å². The summed E-state index contributed by atoms with van der Waals surface area (Å²) in [6, 6.07) is -2.30. The molecule has 0 bridgehead atoms. The molecule has 0 aromatic heterocycles. The highest BCUT2D eigenvalue weighted by molar-refractivity contribution is 6.12. The van der Waals surface area contributed by atoms with E-state index in [1.807, 2.05) is 0 Å². The van der Waals surface area contributed by atoms with Crippen molar-refractivity contribution in [2.45, 2.75) is 37.3 Å². The number of ether oxygens (including phenoxy) is 2. The van der Waals surface area contributed by atoms with E-state index in [-0.39, 0.29) is 0 Å². The van der Waals surface area contributed by atoms with Crippen molar-refractivity contribution in [2.24, 2.45) is 16.5 Å². The largest absolute Gasteiger partial charge is 0.477 e. The number of nitrogens with two attached hydrogens (primary N) is 2. The molecule has 1 rings (SSSR count). The lowest BCUT2D eigenvalue weighted by Crippen LogP contribution is -2.61. The molecule has 154 valence electrons. The number of rotatable bonds is 7. The number of hydrogen-bond donors (Lipinski definition) is 6. The lowest BCUT2D eigenvalue weighted by Gasteiger charge is -2.40. The molecular formula is C14H22BN5O8. The van der Waals surface area contributed by atoms with Crippen LogP contribution in [0.15, 0.2) is 16.8 Å². The van der Waals surface area contributed by atoms with Crippen molar-refractivity contribution < 1.29 is 39.2 Å². The van der Waals surface area contributed by atoms with Gasteiger partial charge < -0.3 is 46.4 Å². The number of carbonyl (C=O) groups excluding carboxylic acids is 2. The number of nitrogens with zero attached hydrogens (tertiary/aromatic N) is 2. The van der Waals surface area contributed by atoms with Crippen molar-refractivity contribution in [3.05, 3.63) is 11.8 Å². The van der Waals surface area contributed by atoms with Crippen molar-refractivity contribution in [1.82, 2.24) is 10.1 Å². The van der Waals surface area contributed by atoms with Crippen molar-refractivity contribution in [1.29, 1.82) is 0 Å². The van der Waals surface area contributed by atoms with E-state index in [0.29, 0.717) is 4.81 Å². The number of amides is 2. The minimum Gasteiger partial charge on any atom is -0.477 e. The Kier molecular flexibility index (Phi) is 8.07. The summed E-state index contributed by atoms with van der Waals surface area (Å²) in [6.07, 6.45) is -4.91. The Bertz CT molecular complexity index is 666. The second-order valence-electron chi connectivity index (χ2n) is 5.90. The molecule has 0 saturated heterocycles. The third-order valence-electron chi connectivity index (χ3n) is 3.60. The molecule has 0 aliphatic carbocycles. The van der Waals surface area contributed by atoms with Crippen molar-refractivity contribution in [2.75, 3.05) is 13.7 Å². The Labute approximate surface area is 161 Å². The molecule has 0 fully saturated rings. The van der Waals surface area contributed by atoms with Gasteiger partial charge in [0, 0.05) is 6.92 Å². The molecule has 1 aliphatic heterocycles. The van der Waals surface area contributed by atoms with Crippen LogP contribution in [0.4, 0.5) is 4.79 Å². The second-order valence-corrected chi connectivity index (χ2v) is 5.90. The highest BCUT2D eigenvalue weighted by Crippen LogP contribution is 2.26. The molecule has 28 heavy (non-hydrogen) atoms. The summed E-state index contributed by atoms with van der Waals surface area (Å²) in [7, 11) is 6.44. The number of carboxylic acids is 1. The van der Waals surface area contributed by atoms with Crippen LogP contribution in [0.2, 0.25) is 0 Å². The average molecular weight is 399 g/mol. The molecule has 0 aromatic carbocycles. The minimum atomic E-state index is -1.71. The predicted octanol–water partition coefficient (Wildman–Crippen LogP) is -3.63. The molecule has 8 N–H and O–H groups in total. The van der Waals surface area contributed by atoms with Gasteiger partial charge >= 0.3 is 12.1 Å². The zero-order valence-electron chi connectivity index (χ0n) is 15.2. The molecule has 1 heterocycles. The summed E-state index contributed by atoms with van der Waals surface area (Å²) in [4.78, 5) is 39.3. The minimum absolute atomic E-state index is 0.417. The molecule has 0 unspecified atom stereocenters. The van der Waals surface area contributed by atoms with Gasteiger partial charge in [0.1, 0.15) is 6.10 Å². The number of aliphatic imine (C=N–C) groups is 1. The van der Waals surface area contributed by atoms with Gasteiger partial charge in [-0.05, 0) is 13.1 Å². The maximum absolute atomic E-state index is 11.9. The van der Waals surface area contributed by atoms with Crippen LogP contribution in [0, 0.1) is 0 Å². The summed E-state index contributed by atoms with van der Waals surface area (Å²) in [6.45, 7) is 0.287. The van der Waals surface area contributed by atoms with Gasteiger partial charge in [0.25, 0.3) is 0 Å². The lowest BCUT2D eigenvalue weighted by molar-refractivity contribution is -0.146. The molecular weight excluding hydrogens is 377 g/mol. The Morgan fingerprint density at radius 3 is 2.50 bits per heavy atom. The Morgan fingerprint density at radius 1 is 1.46 bits per heavy atom. The number of carboxylic acid groups (broad SMARTS) is 1. The van der Waals surface area contributed by atoms with Gasteiger partial charge in [-0.25, -0.2) is 14.6 Å². The molecule has 0 spiro atoms. The first-order valence-electron chi connectivity index (χ1n) is 7.93. The van der Waals surface area contributed by atoms with Crippen molar-refractivity contribution >= 4 is 31.9 Å². The van der Waals surface area contributed by atoms with Crippen LogP contribution in [0.1, 0.15) is 6.92 Å². The topological polar surface area (TPSA) is 210 Å². The van der Waals surface area contributed by atoms with E-state index in [2.05, 4.69) is 10.3 Å². The highest BCUT2D eigenvalue weighted by atomic mass is 16.6. The second kappa shape index (κ2) is 9.80. The molecule has 0 aromatic rings. The van der Waals surface area contributed by atoms with E-state index in [4.69, 9.17) is 28.9 Å². The molecule has 2 radical (unpaired) electrons. The zero-order chi connectivity index (χ0) is 21.6.